The molecule has 1 atom stereocenters. The van der Waals surface area contributed by atoms with Crippen LogP contribution in [0, 0.1) is 0 Å². The predicted octanol–water partition coefficient (Wildman–Crippen LogP) is 2.10. The van der Waals surface area contributed by atoms with Gasteiger partial charge in [0.15, 0.2) is 0 Å². The van der Waals surface area contributed by atoms with Crippen molar-refractivity contribution in [3.8, 4) is 0 Å². The summed E-state index contributed by atoms with van der Waals surface area (Å²) in [5, 5.41) is 5.49. The number of furan rings is 1. The Morgan fingerprint density at radius 1 is 1.41 bits per heavy atom. The van der Waals surface area contributed by atoms with E-state index < -0.39 is 12.0 Å². The van der Waals surface area contributed by atoms with Gasteiger partial charge in [-0.15, -0.1) is 0 Å². The number of H-pyrrole nitrogens is 1. The van der Waals surface area contributed by atoms with Gasteiger partial charge in [0, 0.05) is 12.7 Å². The molecular formula is C18H22N4O5. The van der Waals surface area contributed by atoms with E-state index in [0.717, 1.165) is 6.42 Å². The first-order chi connectivity index (χ1) is 13.1. The molecule has 1 aliphatic heterocycles. The maximum absolute atomic E-state index is 12.6. The van der Waals surface area contributed by atoms with Crippen LogP contribution in [0.2, 0.25) is 0 Å². The molecule has 0 spiro atoms. The van der Waals surface area contributed by atoms with E-state index in [4.69, 9.17) is 9.15 Å². The Kier molecular flexibility index (Phi) is 5.80. The van der Waals surface area contributed by atoms with Crippen LogP contribution in [0.5, 0.6) is 0 Å². The van der Waals surface area contributed by atoms with Crippen LogP contribution < -0.4 is 10.6 Å². The molecule has 9 heteroatoms. The van der Waals surface area contributed by atoms with E-state index in [9.17, 15) is 14.4 Å². The number of carbonyl (C=O) groups excluding carboxylic acids is 3. The predicted molar refractivity (Wildman–Crippen MR) is 96.1 cm³/mol. The van der Waals surface area contributed by atoms with Gasteiger partial charge in [0.25, 0.3) is 0 Å². The Labute approximate surface area is 156 Å². The number of urea groups is 1. The van der Waals surface area contributed by atoms with Crippen molar-refractivity contribution in [2.75, 3.05) is 18.5 Å². The van der Waals surface area contributed by atoms with Gasteiger partial charge in [0.2, 0.25) is 5.91 Å². The monoisotopic (exact) mass is 374 g/mol. The third kappa shape index (κ3) is 4.49. The van der Waals surface area contributed by atoms with E-state index in [0.29, 0.717) is 24.4 Å². The summed E-state index contributed by atoms with van der Waals surface area (Å²) in [5.41, 5.74) is 0.686. The number of esters is 1. The Hall–Kier alpha value is -3.23. The first-order valence-corrected chi connectivity index (χ1v) is 8.81. The third-order valence-electron chi connectivity index (χ3n) is 4.26. The van der Waals surface area contributed by atoms with Gasteiger partial charge in [-0.25, -0.2) is 9.59 Å². The van der Waals surface area contributed by atoms with Gasteiger partial charge in [-0.3, -0.25) is 4.79 Å². The van der Waals surface area contributed by atoms with Gasteiger partial charge in [-0.2, -0.15) is 0 Å². The summed E-state index contributed by atoms with van der Waals surface area (Å²) in [4.78, 5) is 40.9. The molecule has 1 aliphatic rings. The Morgan fingerprint density at radius 2 is 2.26 bits per heavy atom. The number of hydrogen-bond donors (Lipinski definition) is 3. The second-order valence-corrected chi connectivity index (χ2v) is 6.10. The average Bonchev–Trinajstić information content (AvgIpc) is 3.40. The van der Waals surface area contributed by atoms with Crippen molar-refractivity contribution in [3.05, 3.63) is 42.1 Å². The molecule has 0 unspecified atom stereocenters. The van der Waals surface area contributed by atoms with E-state index >= 15 is 0 Å². The molecule has 144 valence electrons. The van der Waals surface area contributed by atoms with Crippen LogP contribution in [-0.4, -0.2) is 47.0 Å². The zero-order valence-electron chi connectivity index (χ0n) is 15.0. The molecule has 0 radical (unpaired) electrons. The van der Waals surface area contributed by atoms with Crippen LogP contribution in [0.4, 0.5) is 10.5 Å². The molecule has 3 heterocycles. The molecule has 0 bridgehead atoms. The van der Waals surface area contributed by atoms with Crippen LogP contribution in [0.15, 0.2) is 35.1 Å². The van der Waals surface area contributed by atoms with E-state index in [1.54, 1.807) is 19.1 Å². The number of hydrogen-bond acceptors (Lipinski definition) is 5. The van der Waals surface area contributed by atoms with Gasteiger partial charge in [-0.1, -0.05) is 0 Å². The van der Waals surface area contributed by atoms with Crippen molar-refractivity contribution in [1.29, 1.82) is 0 Å². The molecule has 3 N–H and O–H groups in total. The van der Waals surface area contributed by atoms with Crippen LogP contribution in [0.3, 0.4) is 0 Å². The first kappa shape index (κ1) is 18.6. The lowest BCUT2D eigenvalue weighted by molar-refractivity contribution is -0.124. The highest BCUT2D eigenvalue weighted by Crippen LogP contribution is 2.20. The molecule has 2 aromatic rings. The number of amides is 3. The van der Waals surface area contributed by atoms with E-state index in [-0.39, 0.29) is 30.8 Å². The fraction of sp³-hybridized carbons (Fsp3) is 0.389. The SMILES string of the molecule is CCOC(=O)c1cc(NC(=O)N2CCC[C@@H]2C(=O)NCc2ccco2)c[nH]1. The summed E-state index contributed by atoms with van der Waals surface area (Å²) < 4.78 is 10.1. The van der Waals surface area contributed by atoms with Gasteiger partial charge >= 0.3 is 12.0 Å². The number of carbonyl (C=O) groups is 3. The molecule has 0 saturated carbocycles. The normalized spacial score (nSPS) is 16.2. The quantitative estimate of drug-likeness (QED) is 0.670. The molecule has 1 saturated heterocycles. The highest BCUT2D eigenvalue weighted by Gasteiger charge is 2.34. The van der Waals surface area contributed by atoms with Gasteiger partial charge in [-0.05, 0) is 38.0 Å². The highest BCUT2D eigenvalue weighted by atomic mass is 16.5. The number of ether oxygens (including phenoxy) is 1. The van der Waals surface area contributed by atoms with Crippen molar-refractivity contribution in [1.82, 2.24) is 15.2 Å². The number of rotatable bonds is 6. The van der Waals surface area contributed by atoms with E-state index in [1.807, 2.05) is 0 Å². The second-order valence-electron chi connectivity index (χ2n) is 6.10. The smallest absolute Gasteiger partial charge is 0.354 e. The Balaban J connectivity index is 1.56. The fourth-order valence-electron chi connectivity index (χ4n) is 2.98. The molecule has 0 aliphatic carbocycles. The Morgan fingerprint density at radius 3 is 3.00 bits per heavy atom. The largest absolute Gasteiger partial charge is 0.467 e. The van der Waals surface area contributed by atoms with Crippen molar-refractivity contribution in [2.24, 2.45) is 0 Å². The zero-order chi connectivity index (χ0) is 19.2. The lowest BCUT2D eigenvalue weighted by Gasteiger charge is -2.23. The minimum atomic E-state index is -0.538. The number of anilines is 1. The van der Waals surface area contributed by atoms with Crippen LogP contribution in [-0.2, 0) is 16.1 Å². The average molecular weight is 374 g/mol. The maximum Gasteiger partial charge on any atom is 0.354 e. The van der Waals surface area contributed by atoms with Gasteiger partial charge in [0.05, 0.1) is 25.1 Å². The number of nitrogens with one attached hydrogen (secondary N) is 3. The lowest BCUT2D eigenvalue weighted by atomic mass is 10.2. The first-order valence-electron chi connectivity index (χ1n) is 8.81. The lowest BCUT2D eigenvalue weighted by Crippen LogP contribution is -2.47. The van der Waals surface area contributed by atoms with Crippen molar-refractivity contribution in [2.45, 2.75) is 32.4 Å². The van der Waals surface area contributed by atoms with Crippen LogP contribution in [0.1, 0.15) is 36.0 Å². The molecular weight excluding hydrogens is 352 g/mol. The van der Waals surface area contributed by atoms with Gasteiger partial charge in [0.1, 0.15) is 17.5 Å². The number of nitrogens with zero attached hydrogens (tertiary/aromatic N) is 1. The molecule has 9 nitrogen and oxygen atoms in total. The summed E-state index contributed by atoms with van der Waals surface area (Å²) in [5.74, 6) is -0.0640. The second kappa shape index (κ2) is 8.43. The third-order valence-corrected chi connectivity index (χ3v) is 4.26. The fourth-order valence-corrected chi connectivity index (χ4v) is 2.98. The summed E-state index contributed by atoms with van der Waals surface area (Å²) in [7, 11) is 0. The summed E-state index contributed by atoms with van der Waals surface area (Å²) in [6.07, 6.45) is 4.39. The zero-order valence-corrected chi connectivity index (χ0v) is 15.0. The Bertz CT molecular complexity index is 799. The highest BCUT2D eigenvalue weighted by molar-refractivity contribution is 5.96. The number of likely N-dealkylation sites (tertiary alicyclic amines) is 1. The topological polar surface area (TPSA) is 117 Å². The van der Waals surface area contributed by atoms with Crippen LogP contribution in [0.25, 0.3) is 0 Å². The molecule has 27 heavy (non-hydrogen) atoms. The maximum atomic E-state index is 12.6. The van der Waals surface area contributed by atoms with E-state index in [2.05, 4.69) is 15.6 Å². The molecule has 0 aromatic carbocycles. The molecule has 3 amide bonds. The standard InChI is InChI=1S/C18H22N4O5/c1-2-26-17(24)14-9-12(10-19-14)21-18(25)22-7-3-6-15(22)16(23)20-11-13-5-4-8-27-13/h4-5,8-10,15,19H,2-3,6-7,11H2,1H3,(H,20,23)(H,21,25)/t15-/m1/s1. The van der Waals surface area contributed by atoms with Gasteiger partial charge < -0.3 is 29.7 Å². The molecule has 3 rings (SSSR count). The van der Waals surface area contributed by atoms with Crippen molar-refractivity contribution < 1.29 is 23.5 Å². The summed E-state index contributed by atoms with van der Waals surface area (Å²) in [6, 6.07) is 4.09. The number of aromatic amines is 1. The number of aromatic nitrogens is 1. The minimum absolute atomic E-state index is 0.222. The minimum Gasteiger partial charge on any atom is -0.467 e. The summed E-state index contributed by atoms with van der Waals surface area (Å²) >= 11 is 0. The molecule has 2 aromatic heterocycles. The van der Waals surface area contributed by atoms with E-state index in [1.165, 1.54) is 23.4 Å². The van der Waals surface area contributed by atoms with Crippen molar-refractivity contribution >= 4 is 23.6 Å². The summed E-state index contributed by atoms with van der Waals surface area (Å²) in [6.45, 7) is 2.74. The van der Waals surface area contributed by atoms with Crippen molar-refractivity contribution in [3.63, 3.8) is 0 Å². The molecule has 1 fully saturated rings. The van der Waals surface area contributed by atoms with Crippen LogP contribution >= 0.6 is 0 Å².